The van der Waals surface area contributed by atoms with E-state index < -0.39 is 21.8 Å². The van der Waals surface area contributed by atoms with Crippen LogP contribution in [0, 0.1) is 11.3 Å². The van der Waals surface area contributed by atoms with E-state index in [-0.39, 0.29) is 17.9 Å². The molecule has 1 aliphatic heterocycles. The molecule has 5 rings (SSSR count). The standard InChI is InChI=1S/C28H31N5O5S/c1-18(2)37-25-12-9-19(15-20(25)16-29)28-30-27(31-38-28)23-8-6-7-22-21(23)10-11-24(22)32-39(35,36)17-26(34)33-13-4-3-5-14-33/h6-9,12,15,18,24,32H,3-5,10-11,13-14,17H2,1-2H3/t24-/m0/s1. The van der Waals surface area contributed by atoms with Gasteiger partial charge in [-0.15, -0.1) is 0 Å². The highest BCUT2D eigenvalue weighted by molar-refractivity contribution is 7.90. The summed E-state index contributed by atoms with van der Waals surface area (Å²) in [4.78, 5) is 18.8. The average molecular weight is 550 g/mol. The number of rotatable bonds is 8. The van der Waals surface area contributed by atoms with Crippen molar-refractivity contribution in [3.63, 3.8) is 0 Å². The summed E-state index contributed by atoms with van der Waals surface area (Å²) >= 11 is 0. The van der Waals surface area contributed by atoms with Crippen LogP contribution in [0.15, 0.2) is 40.9 Å². The van der Waals surface area contributed by atoms with Crippen LogP contribution in [0.25, 0.3) is 22.8 Å². The number of nitrogens with zero attached hydrogens (tertiary/aromatic N) is 4. The molecule has 0 bridgehead atoms. The number of hydrogen-bond donors (Lipinski definition) is 1. The number of benzene rings is 2. The summed E-state index contributed by atoms with van der Waals surface area (Å²) < 4.78 is 39.7. The summed E-state index contributed by atoms with van der Waals surface area (Å²) in [6.45, 7) is 5.01. The van der Waals surface area contributed by atoms with Crippen LogP contribution in [0.4, 0.5) is 0 Å². The Kier molecular flexibility index (Phi) is 7.68. The molecule has 1 aliphatic carbocycles. The van der Waals surface area contributed by atoms with Gasteiger partial charge in [0.05, 0.1) is 11.7 Å². The quantitative estimate of drug-likeness (QED) is 0.445. The number of fused-ring (bicyclic) bond motifs is 1. The zero-order chi connectivity index (χ0) is 27.6. The van der Waals surface area contributed by atoms with Crippen LogP contribution in [-0.2, 0) is 21.2 Å². The van der Waals surface area contributed by atoms with Crippen molar-refractivity contribution in [2.24, 2.45) is 0 Å². The Labute approximate surface area is 228 Å². The van der Waals surface area contributed by atoms with E-state index in [1.807, 2.05) is 32.0 Å². The zero-order valence-corrected chi connectivity index (χ0v) is 22.8. The second-order valence-electron chi connectivity index (χ2n) is 10.2. The van der Waals surface area contributed by atoms with Crippen LogP contribution < -0.4 is 9.46 Å². The molecule has 0 saturated carbocycles. The summed E-state index contributed by atoms with van der Waals surface area (Å²) in [6, 6.07) is 12.4. The van der Waals surface area contributed by atoms with E-state index in [0.29, 0.717) is 48.6 Å². The van der Waals surface area contributed by atoms with Gasteiger partial charge in [0.25, 0.3) is 5.89 Å². The van der Waals surface area contributed by atoms with Gasteiger partial charge in [-0.2, -0.15) is 10.2 Å². The van der Waals surface area contributed by atoms with Crippen molar-refractivity contribution in [3.05, 3.63) is 53.1 Å². The largest absolute Gasteiger partial charge is 0.490 e. The SMILES string of the molecule is CC(C)Oc1ccc(-c2nc(-c3cccc4c3CC[C@@H]4NS(=O)(=O)CC(=O)N3CCCCC3)no2)cc1C#N. The van der Waals surface area contributed by atoms with Crippen molar-refractivity contribution >= 4 is 15.9 Å². The monoisotopic (exact) mass is 549 g/mol. The molecule has 0 radical (unpaired) electrons. The van der Waals surface area contributed by atoms with Gasteiger partial charge >= 0.3 is 0 Å². The lowest BCUT2D eigenvalue weighted by molar-refractivity contribution is -0.129. The third-order valence-corrected chi connectivity index (χ3v) is 8.26. The van der Waals surface area contributed by atoms with E-state index in [0.717, 1.165) is 36.0 Å². The van der Waals surface area contributed by atoms with Gasteiger partial charge in [-0.05, 0) is 75.3 Å². The minimum atomic E-state index is -3.81. The fourth-order valence-electron chi connectivity index (χ4n) is 5.20. The average Bonchev–Trinajstić information content (AvgIpc) is 3.56. The smallest absolute Gasteiger partial charge is 0.258 e. The third-order valence-electron chi connectivity index (χ3n) is 6.99. The van der Waals surface area contributed by atoms with Gasteiger partial charge < -0.3 is 14.2 Å². The predicted octanol–water partition coefficient (Wildman–Crippen LogP) is 3.98. The maximum Gasteiger partial charge on any atom is 0.258 e. The van der Waals surface area contributed by atoms with Crippen LogP contribution in [0.2, 0.25) is 0 Å². The van der Waals surface area contributed by atoms with Crippen LogP contribution >= 0.6 is 0 Å². The molecule has 10 nitrogen and oxygen atoms in total. The van der Waals surface area contributed by atoms with Crippen molar-refractivity contribution in [2.75, 3.05) is 18.8 Å². The number of ether oxygens (including phenoxy) is 1. The number of carbonyl (C=O) groups is 1. The van der Waals surface area contributed by atoms with E-state index in [1.54, 1.807) is 23.1 Å². The number of carbonyl (C=O) groups excluding carboxylic acids is 1. The van der Waals surface area contributed by atoms with Crippen molar-refractivity contribution in [1.29, 1.82) is 5.26 Å². The Balaban J connectivity index is 1.33. The molecule has 39 heavy (non-hydrogen) atoms. The lowest BCUT2D eigenvalue weighted by atomic mass is 10.0. The number of piperidine rings is 1. The highest BCUT2D eigenvalue weighted by Crippen LogP contribution is 2.38. The van der Waals surface area contributed by atoms with E-state index in [9.17, 15) is 18.5 Å². The Bertz CT molecular complexity index is 1520. The lowest BCUT2D eigenvalue weighted by Crippen LogP contribution is -2.42. The minimum Gasteiger partial charge on any atom is -0.490 e. The second kappa shape index (κ2) is 11.2. The predicted molar refractivity (Wildman–Crippen MR) is 144 cm³/mol. The Morgan fingerprint density at radius 1 is 1.23 bits per heavy atom. The molecule has 1 N–H and O–H groups in total. The number of nitriles is 1. The molecule has 204 valence electrons. The number of hydrogen-bond acceptors (Lipinski definition) is 8. The molecule has 1 aromatic heterocycles. The summed E-state index contributed by atoms with van der Waals surface area (Å²) in [6.07, 6.45) is 4.01. The van der Waals surface area contributed by atoms with E-state index in [1.165, 1.54) is 0 Å². The molecule has 0 spiro atoms. The fourth-order valence-corrected chi connectivity index (χ4v) is 6.47. The zero-order valence-electron chi connectivity index (χ0n) is 22.0. The normalized spacial score (nSPS) is 17.2. The molecule has 3 aromatic rings. The number of aromatic nitrogens is 2. The molecule has 2 aromatic carbocycles. The van der Waals surface area contributed by atoms with Gasteiger partial charge in [-0.25, -0.2) is 13.1 Å². The molecular formula is C28H31N5O5S. The van der Waals surface area contributed by atoms with E-state index >= 15 is 0 Å². The van der Waals surface area contributed by atoms with Crippen LogP contribution in [0.3, 0.4) is 0 Å². The van der Waals surface area contributed by atoms with Gasteiger partial charge in [0.2, 0.25) is 21.8 Å². The molecule has 1 amide bonds. The molecule has 1 fully saturated rings. The number of nitrogens with one attached hydrogen (secondary N) is 1. The number of sulfonamides is 1. The van der Waals surface area contributed by atoms with Crippen LogP contribution in [0.5, 0.6) is 5.75 Å². The Morgan fingerprint density at radius 3 is 2.77 bits per heavy atom. The highest BCUT2D eigenvalue weighted by atomic mass is 32.2. The fraction of sp³-hybridized carbons (Fsp3) is 0.429. The van der Waals surface area contributed by atoms with Crippen molar-refractivity contribution in [1.82, 2.24) is 19.8 Å². The van der Waals surface area contributed by atoms with Crippen molar-refractivity contribution in [2.45, 2.75) is 58.1 Å². The number of amides is 1. The van der Waals surface area contributed by atoms with Gasteiger partial charge in [-0.3, -0.25) is 4.79 Å². The third kappa shape index (κ3) is 5.97. The van der Waals surface area contributed by atoms with Crippen LogP contribution in [0.1, 0.15) is 62.3 Å². The maximum absolute atomic E-state index is 12.9. The molecule has 11 heteroatoms. The molecule has 2 heterocycles. The summed E-state index contributed by atoms with van der Waals surface area (Å²) in [7, 11) is -3.81. The van der Waals surface area contributed by atoms with Gasteiger partial charge in [0.1, 0.15) is 17.6 Å². The van der Waals surface area contributed by atoms with E-state index in [4.69, 9.17) is 9.26 Å². The van der Waals surface area contributed by atoms with E-state index in [2.05, 4.69) is 20.9 Å². The van der Waals surface area contributed by atoms with Crippen molar-refractivity contribution < 1.29 is 22.5 Å². The first-order chi connectivity index (χ1) is 18.7. The Hall–Kier alpha value is -3.75. The first-order valence-electron chi connectivity index (χ1n) is 13.2. The maximum atomic E-state index is 12.9. The summed E-state index contributed by atoms with van der Waals surface area (Å²) in [5, 5.41) is 13.7. The molecule has 1 atom stereocenters. The molecule has 2 aliphatic rings. The number of likely N-dealkylation sites (tertiary alicyclic amines) is 1. The molecule has 1 saturated heterocycles. The van der Waals surface area contributed by atoms with Crippen LogP contribution in [-0.4, -0.2) is 54.3 Å². The van der Waals surface area contributed by atoms with Gasteiger partial charge in [0, 0.05) is 30.3 Å². The lowest BCUT2D eigenvalue weighted by Gasteiger charge is -2.26. The molecule has 0 unspecified atom stereocenters. The Morgan fingerprint density at radius 2 is 2.03 bits per heavy atom. The van der Waals surface area contributed by atoms with Gasteiger partial charge in [-0.1, -0.05) is 23.4 Å². The topological polar surface area (TPSA) is 138 Å². The minimum absolute atomic E-state index is 0.0680. The second-order valence-corrected chi connectivity index (χ2v) is 11.9. The van der Waals surface area contributed by atoms with Crippen molar-refractivity contribution in [3.8, 4) is 34.7 Å². The van der Waals surface area contributed by atoms with Gasteiger partial charge in [0.15, 0.2) is 0 Å². The molecular weight excluding hydrogens is 518 g/mol. The summed E-state index contributed by atoms with van der Waals surface area (Å²) in [5.74, 6) is 0.242. The first-order valence-corrected chi connectivity index (χ1v) is 14.8. The first kappa shape index (κ1) is 26.8. The highest BCUT2D eigenvalue weighted by Gasteiger charge is 2.31. The summed E-state index contributed by atoms with van der Waals surface area (Å²) in [5.41, 5.74) is 3.51.